The second-order valence-electron chi connectivity index (χ2n) is 5.81. The minimum absolute atomic E-state index is 0.430. The van der Waals surface area contributed by atoms with Crippen molar-refractivity contribution in [1.82, 2.24) is 10.2 Å². The molecule has 3 heteroatoms. The van der Waals surface area contributed by atoms with Gasteiger partial charge in [-0.3, -0.25) is 0 Å². The Kier molecular flexibility index (Phi) is 7.38. The second kappa shape index (κ2) is 9.58. The molecule has 0 unspecified atom stereocenters. The molecule has 1 aromatic heterocycles. The van der Waals surface area contributed by atoms with Gasteiger partial charge in [0.15, 0.2) is 5.15 Å². The molecular weight excluding hydrogens is 292 g/mol. The standard InChI is InChI=1S/C19H25ClN2/c1-2-3-4-5-6-7-8-9-16-10-12-17(13-11-16)18-14-15-19(20)22-21-18/h10-15H,2-9H2,1H3. The van der Waals surface area contributed by atoms with Crippen LogP contribution in [0.25, 0.3) is 11.3 Å². The number of unbranched alkanes of at least 4 members (excludes halogenated alkanes) is 6. The fourth-order valence-corrected chi connectivity index (χ4v) is 2.70. The van der Waals surface area contributed by atoms with Crippen LogP contribution in [0.15, 0.2) is 36.4 Å². The van der Waals surface area contributed by atoms with Gasteiger partial charge in [-0.05, 0) is 30.5 Å². The summed E-state index contributed by atoms with van der Waals surface area (Å²) in [7, 11) is 0. The highest BCUT2D eigenvalue weighted by molar-refractivity contribution is 6.29. The molecule has 22 heavy (non-hydrogen) atoms. The van der Waals surface area contributed by atoms with Gasteiger partial charge in [-0.1, -0.05) is 81.3 Å². The van der Waals surface area contributed by atoms with Crippen LogP contribution in [0.2, 0.25) is 5.15 Å². The van der Waals surface area contributed by atoms with Crippen LogP contribution in [0.5, 0.6) is 0 Å². The number of nitrogens with zero attached hydrogens (tertiary/aromatic N) is 2. The van der Waals surface area contributed by atoms with Crippen LogP contribution in [0.4, 0.5) is 0 Å². The number of rotatable bonds is 9. The zero-order valence-electron chi connectivity index (χ0n) is 13.4. The summed E-state index contributed by atoms with van der Waals surface area (Å²) in [5.41, 5.74) is 3.36. The Balaban J connectivity index is 1.74. The first-order valence-electron chi connectivity index (χ1n) is 8.38. The molecular formula is C19H25ClN2. The third-order valence-corrected chi connectivity index (χ3v) is 4.15. The lowest BCUT2D eigenvalue weighted by Crippen LogP contribution is -1.89. The molecule has 0 atom stereocenters. The lowest BCUT2D eigenvalue weighted by atomic mass is 10.0. The van der Waals surface area contributed by atoms with Crippen molar-refractivity contribution < 1.29 is 0 Å². The van der Waals surface area contributed by atoms with Gasteiger partial charge < -0.3 is 0 Å². The Morgan fingerprint density at radius 3 is 2.09 bits per heavy atom. The SMILES string of the molecule is CCCCCCCCCc1ccc(-c2ccc(Cl)nn2)cc1. The summed E-state index contributed by atoms with van der Waals surface area (Å²) in [5, 5.41) is 8.42. The zero-order chi connectivity index (χ0) is 15.6. The Hall–Kier alpha value is -1.41. The maximum absolute atomic E-state index is 5.76. The van der Waals surface area contributed by atoms with E-state index in [1.54, 1.807) is 6.07 Å². The van der Waals surface area contributed by atoms with Crippen molar-refractivity contribution in [2.75, 3.05) is 0 Å². The molecule has 0 aliphatic rings. The fourth-order valence-electron chi connectivity index (χ4n) is 2.60. The van der Waals surface area contributed by atoms with E-state index in [1.165, 1.54) is 56.9 Å². The van der Waals surface area contributed by atoms with Gasteiger partial charge in [-0.25, -0.2) is 0 Å². The van der Waals surface area contributed by atoms with Crippen LogP contribution in [0, 0.1) is 0 Å². The summed E-state index contributed by atoms with van der Waals surface area (Å²) in [6, 6.07) is 12.3. The summed E-state index contributed by atoms with van der Waals surface area (Å²) >= 11 is 5.76. The van der Waals surface area contributed by atoms with Crippen LogP contribution in [-0.2, 0) is 6.42 Å². The second-order valence-corrected chi connectivity index (χ2v) is 6.20. The van der Waals surface area contributed by atoms with Crippen molar-refractivity contribution in [3.8, 4) is 11.3 Å². The molecule has 0 aliphatic carbocycles. The summed E-state index contributed by atoms with van der Waals surface area (Å²) in [6.45, 7) is 2.26. The predicted octanol–water partition coefficient (Wildman–Crippen LogP) is 6.09. The number of aryl methyl sites for hydroxylation is 1. The maximum atomic E-state index is 5.76. The minimum atomic E-state index is 0.430. The van der Waals surface area contributed by atoms with Crippen LogP contribution in [0.3, 0.4) is 0 Å². The molecule has 0 saturated carbocycles. The van der Waals surface area contributed by atoms with Gasteiger partial charge in [0.2, 0.25) is 0 Å². The molecule has 2 nitrogen and oxygen atoms in total. The van der Waals surface area contributed by atoms with Crippen molar-refractivity contribution in [1.29, 1.82) is 0 Å². The van der Waals surface area contributed by atoms with Gasteiger partial charge in [0.1, 0.15) is 0 Å². The molecule has 118 valence electrons. The highest BCUT2D eigenvalue weighted by Crippen LogP contribution is 2.19. The lowest BCUT2D eigenvalue weighted by molar-refractivity contribution is 0.589. The molecule has 0 radical (unpaired) electrons. The summed E-state index contributed by atoms with van der Waals surface area (Å²) in [5.74, 6) is 0. The molecule has 0 bridgehead atoms. The van der Waals surface area contributed by atoms with Crippen molar-refractivity contribution in [2.45, 2.75) is 58.3 Å². The van der Waals surface area contributed by atoms with Gasteiger partial charge in [0.05, 0.1) is 5.69 Å². The topological polar surface area (TPSA) is 25.8 Å². The Morgan fingerprint density at radius 1 is 0.773 bits per heavy atom. The minimum Gasteiger partial charge on any atom is -0.149 e. The van der Waals surface area contributed by atoms with Crippen molar-refractivity contribution >= 4 is 11.6 Å². The largest absolute Gasteiger partial charge is 0.151 e. The molecule has 1 heterocycles. The maximum Gasteiger partial charge on any atom is 0.151 e. The smallest absolute Gasteiger partial charge is 0.149 e. The van der Waals surface area contributed by atoms with E-state index < -0.39 is 0 Å². The molecule has 0 fully saturated rings. The number of aromatic nitrogens is 2. The predicted molar refractivity (Wildman–Crippen MR) is 94.2 cm³/mol. The van der Waals surface area contributed by atoms with Crippen molar-refractivity contribution in [3.63, 3.8) is 0 Å². The summed E-state index contributed by atoms with van der Waals surface area (Å²) in [4.78, 5) is 0. The molecule has 0 aliphatic heterocycles. The van der Waals surface area contributed by atoms with E-state index in [0.717, 1.165) is 11.3 Å². The van der Waals surface area contributed by atoms with E-state index >= 15 is 0 Å². The normalized spacial score (nSPS) is 10.8. The molecule has 0 spiro atoms. The van der Waals surface area contributed by atoms with Gasteiger partial charge in [0, 0.05) is 5.56 Å². The van der Waals surface area contributed by atoms with E-state index in [2.05, 4.69) is 41.4 Å². The number of halogens is 1. The van der Waals surface area contributed by atoms with Crippen LogP contribution in [-0.4, -0.2) is 10.2 Å². The Labute approximate surface area is 138 Å². The molecule has 2 aromatic rings. The monoisotopic (exact) mass is 316 g/mol. The third-order valence-electron chi connectivity index (χ3n) is 3.95. The van der Waals surface area contributed by atoms with Gasteiger partial charge in [-0.2, -0.15) is 0 Å². The summed E-state index contributed by atoms with van der Waals surface area (Å²) < 4.78 is 0. The lowest BCUT2D eigenvalue weighted by Gasteiger charge is -2.04. The van der Waals surface area contributed by atoms with Crippen molar-refractivity contribution in [3.05, 3.63) is 47.1 Å². The van der Waals surface area contributed by atoms with E-state index in [0.29, 0.717) is 5.15 Å². The van der Waals surface area contributed by atoms with E-state index in [-0.39, 0.29) is 0 Å². The summed E-state index contributed by atoms with van der Waals surface area (Å²) in [6.07, 6.45) is 10.7. The number of benzene rings is 1. The van der Waals surface area contributed by atoms with Crippen molar-refractivity contribution in [2.24, 2.45) is 0 Å². The van der Waals surface area contributed by atoms with Gasteiger partial charge in [0.25, 0.3) is 0 Å². The van der Waals surface area contributed by atoms with E-state index in [4.69, 9.17) is 11.6 Å². The molecule has 0 N–H and O–H groups in total. The Bertz CT molecular complexity index is 534. The first-order valence-corrected chi connectivity index (χ1v) is 8.76. The third kappa shape index (κ3) is 5.76. The first kappa shape index (κ1) is 17.0. The van der Waals surface area contributed by atoms with Gasteiger partial charge >= 0.3 is 0 Å². The van der Waals surface area contributed by atoms with Crippen LogP contribution < -0.4 is 0 Å². The highest BCUT2D eigenvalue weighted by Gasteiger charge is 2.01. The molecule has 2 rings (SSSR count). The quantitative estimate of drug-likeness (QED) is 0.523. The number of hydrogen-bond acceptors (Lipinski definition) is 2. The van der Waals surface area contributed by atoms with Crippen LogP contribution in [0.1, 0.15) is 57.4 Å². The van der Waals surface area contributed by atoms with E-state index in [1.807, 2.05) is 6.07 Å². The fraction of sp³-hybridized carbons (Fsp3) is 0.474. The van der Waals surface area contributed by atoms with Gasteiger partial charge in [-0.15, -0.1) is 10.2 Å². The van der Waals surface area contributed by atoms with E-state index in [9.17, 15) is 0 Å². The first-order chi connectivity index (χ1) is 10.8. The van der Waals surface area contributed by atoms with Crippen LogP contribution >= 0.6 is 11.6 Å². The molecule has 0 amide bonds. The average Bonchev–Trinajstić information content (AvgIpc) is 2.55. The highest BCUT2D eigenvalue weighted by atomic mass is 35.5. The Morgan fingerprint density at radius 2 is 1.45 bits per heavy atom. The molecule has 0 saturated heterocycles. The number of hydrogen-bond donors (Lipinski definition) is 0. The average molecular weight is 317 g/mol. The molecule has 1 aromatic carbocycles. The zero-order valence-corrected chi connectivity index (χ0v) is 14.1.